The molecule has 0 bridgehead atoms. The lowest BCUT2D eigenvalue weighted by atomic mass is 10.0. The number of hydrogen-bond acceptors (Lipinski definition) is 2. The van der Waals surface area contributed by atoms with Crippen molar-refractivity contribution in [3.8, 4) is 0 Å². The van der Waals surface area contributed by atoms with Crippen molar-refractivity contribution < 1.29 is 4.79 Å². The zero-order valence-corrected chi connectivity index (χ0v) is 10.9. The number of carbonyl (C=O) groups is 1. The predicted octanol–water partition coefficient (Wildman–Crippen LogP) is 1.35. The molecule has 1 amide bonds. The largest absolute Gasteiger partial charge is 0.351 e. The van der Waals surface area contributed by atoms with Crippen molar-refractivity contribution in [2.75, 3.05) is 0 Å². The first-order valence-corrected chi connectivity index (χ1v) is 6.37. The molecule has 3 N–H and O–H groups in total. The summed E-state index contributed by atoms with van der Waals surface area (Å²) in [4.78, 5) is 11.9. The van der Waals surface area contributed by atoms with Gasteiger partial charge in [-0.05, 0) is 36.3 Å². The molecule has 96 valence electrons. The lowest BCUT2D eigenvalue weighted by Gasteiger charge is -2.12. The van der Waals surface area contributed by atoms with Crippen molar-refractivity contribution in [2.45, 2.75) is 36.8 Å². The molecule has 4 rings (SSSR count). The highest BCUT2D eigenvalue weighted by Crippen LogP contribution is 2.56. The van der Waals surface area contributed by atoms with Crippen molar-refractivity contribution in [3.63, 3.8) is 0 Å². The lowest BCUT2D eigenvalue weighted by Crippen LogP contribution is -2.44. The van der Waals surface area contributed by atoms with Crippen LogP contribution in [0.1, 0.15) is 29.9 Å². The van der Waals surface area contributed by atoms with Crippen molar-refractivity contribution in [1.29, 1.82) is 0 Å². The third kappa shape index (κ3) is 1.57. The zero-order valence-electron chi connectivity index (χ0n) is 10.1. The van der Waals surface area contributed by atoms with Crippen LogP contribution in [0.3, 0.4) is 0 Å². The Hall–Kier alpha value is -1.06. The lowest BCUT2D eigenvalue weighted by molar-refractivity contribution is -0.123. The van der Waals surface area contributed by atoms with Gasteiger partial charge in [-0.25, -0.2) is 0 Å². The van der Waals surface area contributed by atoms with E-state index in [1.807, 2.05) is 0 Å². The third-order valence-corrected chi connectivity index (χ3v) is 4.58. The summed E-state index contributed by atoms with van der Waals surface area (Å²) < 4.78 is 0. The first-order valence-electron chi connectivity index (χ1n) is 6.37. The van der Waals surface area contributed by atoms with Gasteiger partial charge >= 0.3 is 0 Å². The monoisotopic (exact) mass is 264 g/mol. The van der Waals surface area contributed by atoms with E-state index in [1.54, 1.807) is 0 Å². The molecular weight excluding hydrogens is 248 g/mol. The van der Waals surface area contributed by atoms with Gasteiger partial charge in [0.1, 0.15) is 0 Å². The van der Waals surface area contributed by atoms with Gasteiger partial charge in [0.2, 0.25) is 5.91 Å². The third-order valence-electron chi connectivity index (χ3n) is 4.58. The maximum atomic E-state index is 11.9. The van der Waals surface area contributed by atoms with E-state index in [9.17, 15) is 4.79 Å². The topological polar surface area (TPSA) is 55.1 Å². The van der Waals surface area contributed by atoms with E-state index in [0.29, 0.717) is 17.9 Å². The van der Waals surface area contributed by atoms with E-state index in [4.69, 9.17) is 5.73 Å². The van der Waals surface area contributed by atoms with E-state index in [0.717, 1.165) is 19.3 Å². The van der Waals surface area contributed by atoms with Gasteiger partial charge in [-0.3, -0.25) is 4.79 Å². The number of nitrogens with two attached hydrogens (primary N) is 1. The molecule has 0 radical (unpaired) electrons. The highest BCUT2D eigenvalue weighted by Gasteiger charge is 2.58. The van der Waals surface area contributed by atoms with Crippen LogP contribution >= 0.6 is 12.4 Å². The normalized spacial score (nSPS) is 32.8. The molecule has 3 aliphatic carbocycles. The second kappa shape index (κ2) is 3.72. The Balaban J connectivity index is 0.000001000. The maximum Gasteiger partial charge on any atom is 0.240 e. The summed E-state index contributed by atoms with van der Waals surface area (Å²) >= 11 is 0. The Bertz CT molecular complexity index is 512. The van der Waals surface area contributed by atoms with Crippen LogP contribution in [0.4, 0.5) is 0 Å². The Morgan fingerprint density at radius 2 is 2.06 bits per heavy atom. The number of rotatable bonds is 2. The van der Waals surface area contributed by atoms with Crippen LogP contribution in [0, 0.1) is 5.92 Å². The number of nitrogens with one attached hydrogen (secondary N) is 1. The Kier molecular flexibility index (Phi) is 2.48. The molecule has 3 nitrogen and oxygen atoms in total. The van der Waals surface area contributed by atoms with Gasteiger partial charge in [0, 0.05) is 12.0 Å². The second-order valence-electron chi connectivity index (χ2n) is 5.75. The van der Waals surface area contributed by atoms with Crippen LogP contribution in [0.25, 0.3) is 0 Å². The molecule has 0 heterocycles. The summed E-state index contributed by atoms with van der Waals surface area (Å²) in [5, 5.41) is 3.14. The molecule has 3 unspecified atom stereocenters. The van der Waals surface area contributed by atoms with E-state index in [-0.39, 0.29) is 18.3 Å². The SMILES string of the molecule is Cl.NC1(C(=O)NC2C3Cc4ccccc4C32)CC1. The van der Waals surface area contributed by atoms with Crippen LogP contribution in [0.15, 0.2) is 24.3 Å². The molecule has 1 aromatic carbocycles. The van der Waals surface area contributed by atoms with Crippen molar-refractivity contribution in [1.82, 2.24) is 5.32 Å². The summed E-state index contributed by atoms with van der Waals surface area (Å²) in [6.07, 6.45) is 2.80. The summed E-state index contributed by atoms with van der Waals surface area (Å²) in [6.45, 7) is 0. The number of benzene rings is 1. The molecule has 4 heteroatoms. The van der Waals surface area contributed by atoms with Crippen LogP contribution in [0.2, 0.25) is 0 Å². The van der Waals surface area contributed by atoms with E-state index >= 15 is 0 Å². The average molecular weight is 265 g/mol. The predicted molar refractivity (Wildman–Crippen MR) is 71.7 cm³/mol. The van der Waals surface area contributed by atoms with Crippen LogP contribution < -0.4 is 11.1 Å². The minimum atomic E-state index is -0.531. The van der Waals surface area contributed by atoms with Crippen molar-refractivity contribution >= 4 is 18.3 Å². The van der Waals surface area contributed by atoms with E-state index < -0.39 is 5.54 Å². The first-order chi connectivity index (χ1) is 8.19. The number of fused-ring (bicyclic) bond motifs is 3. The standard InChI is InChI=1S/C14H16N2O.ClH/c15-14(5-6-14)13(17)16-12-10-7-8-3-1-2-4-9(8)11(10)12;/h1-4,10-12H,5-7,15H2,(H,16,17);1H. The minimum Gasteiger partial charge on any atom is -0.351 e. The smallest absolute Gasteiger partial charge is 0.240 e. The minimum absolute atomic E-state index is 0. The van der Waals surface area contributed by atoms with Gasteiger partial charge in [0.25, 0.3) is 0 Å². The maximum absolute atomic E-state index is 11.9. The number of hydrogen-bond donors (Lipinski definition) is 2. The van der Waals surface area contributed by atoms with Gasteiger partial charge in [0.15, 0.2) is 0 Å². The summed E-state index contributed by atoms with van der Waals surface area (Å²) in [5.74, 6) is 1.24. The Labute approximate surface area is 113 Å². The fraction of sp³-hybridized carbons (Fsp3) is 0.500. The highest BCUT2D eigenvalue weighted by atomic mass is 35.5. The number of halogens is 1. The highest BCUT2D eigenvalue weighted by molar-refractivity contribution is 5.89. The molecule has 0 saturated heterocycles. The molecule has 18 heavy (non-hydrogen) atoms. The van der Waals surface area contributed by atoms with Crippen LogP contribution in [-0.4, -0.2) is 17.5 Å². The second-order valence-corrected chi connectivity index (χ2v) is 5.75. The van der Waals surface area contributed by atoms with Gasteiger partial charge in [-0.1, -0.05) is 24.3 Å². The molecule has 3 aliphatic rings. The number of carbonyl (C=O) groups excluding carboxylic acids is 1. The van der Waals surface area contributed by atoms with Gasteiger partial charge in [-0.15, -0.1) is 12.4 Å². The molecule has 3 atom stereocenters. The van der Waals surface area contributed by atoms with Crippen molar-refractivity contribution in [2.24, 2.45) is 11.7 Å². The van der Waals surface area contributed by atoms with Gasteiger partial charge < -0.3 is 11.1 Å². The fourth-order valence-corrected chi connectivity index (χ4v) is 3.20. The quantitative estimate of drug-likeness (QED) is 0.847. The first kappa shape index (κ1) is 12.0. The Morgan fingerprint density at radius 3 is 2.78 bits per heavy atom. The fourth-order valence-electron chi connectivity index (χ4n) is 3.20. The number of amides is 1. The summed E-state index contributed by atoms with van der Waals surface area (Å²) in [7, 11) is 0. The van der Waals surface area contributed by atoms with E-state index in [1.165, 1.54) is 11.1 Å². The summed E-state index contributed by atoms with van der Waals surface area (Å²) in [5.41, 5.74) is 8.26. The summed E-state index contributed by atoms with van der Waals surface area (Å²) in [6, 6.07) is 8.92. The molecule has 1 aromatic rings. The molecule has 2 saturated carbocycles. The van der Waals surface area contributed by atoms with Gasteiger partial charge in [-0.2, -0.15) is 0 Å². The molecule has 0 aliphatic heterocycles. The van der Waals surface area contributed by atoms with Crippen LogP contribution in [-0.2, 0) is 11.2 Å². The molecule has 2 fully saturated rings. The van der Waals surface area contributed by atoms with Gasteiger partial charge in [0.05, 0.1) is 5.54 Å². The Morgan fingerprint density at radius 1 is 1.33 bits per heavy atom. The van der Waals surface area contributed by atoms with Crippen molar-refractivity contribution in [3.05, 3.63) is 35.4 Å². The van der Waals surface area contributed by atoms with E-state index in [2.05, 4.69) is 29.6 Å². The average Bonchev–Trinajstić information content (AvgIpc) is 3.18. The molecule has 0 aromatic heterocycles. The zero-order chi connectivity index (χ0) is 11.6. The molecular formula is C14H17ClN2O. The molecule has 0 spiro atoms. The van der Waals surface area contributed by atoms with Crippen LogP contribution in [0.5, 0.6) is 0 Å².